The molecule has 0 radical (unpaired) electrons. The van der Waals surface area contributed by atoms with Crippen molar-refractivity contribution in [3.8, 4) is 0 Å². The summed E-state index contributed by atoms with van der Waals surface area (Å²) in [5, 5.41) is 6.16. The maximum atomic E-state index is 12.2. The van der Waals surface area contributed by atoms with Crippen LogP contribution in [0.15, 0.2) is 41.3 Å². The normalized spacial score (nSPS) is 13.2. The molecule has 5 nitrogen and oxygen atoms in total. The third-order valence-electron chi connectivity index (χ3n) is 3.67. The van der Waals surface area contributed by atoms with Gasteiger partial charge in [-0.05, 0) is 36.6 Å². The molecule has 1 amide bonds. The Balaban J connectivity index is 1.81. The maximum absolute atomic E-state index is 12.2. The molecule has 2 aromatic rings. The van der Waals surface area contributed by atoms with Crippen molar-refractivity contribution in [1.82, 2.24) is 4.57 Å². The van der Waals surface area contributed by atoms with Crippen LogP contribution in [0.4, 0.5) is 11.4 Å². The van der Waals surface area contributed by atoms with Gasteiger partial charge < -0.3 is 15.2 Å². The van der Waals surface area contributed by atoms with Gasteiger partial charge in [0.15, 0.2) is 0 Å². The van der Waals surface area contributed by atoms with E-state index < -0.39 is 0 Å². The largest absolute Gasteiger partial charge is 0.385 e. The molecule has 2 N–H and O–H groups in total. The van der Waals surface area contributed by atoms with Gasteiger partial charge >= 0.3 is 0 Å². The SMILES string of the molecule is Cn1ccc(C(=O)Nc2ccc3c(c2)NCCC3)cc1=O. The number of aromatic nitrogens is 1. The monoisotopic (exact) mass is 283 g/mol. The smallest absolute Gasteiger partial charge is 0.255 e. The lowest BCUT2D eigenvalue weighted by Crippen LogP contribution is -2.20. The number of carbonyl (C=O) groups is 1. The molecule has 5 heteroatoms. The Hall–Kier alpha value is -2.56. The first-order valence-corrected chi connectivity index (χ1v) is 6.98. The Morgan fingerprint density at radius 2 is 2.14 bits per heavy atom. The second-order valence-electron chi connectivity index (χ2n) is 5.22. The fraction of sp³-hybridized carbons (Fsp3) is 0.250. The quantitative estimate of drug-likeness (QED) is 0.886. The number of fused-ring (bicyclic) bond motifs is 1. The molecule has 1 aliphatic rings. The Morgan fingerprint density at radius 3 is 2.95 bits per heavy atom. The number of amides is 1. The first kappa shape index (κ1) is 13.4. The van der Waals surface area contributed by atoms with Crippen LogP contribution in [0.5, 0.6) is 0 Å². The molecular formula is C16H17N3O2. The van der Waals surface area contributed by atoms with Crippen molar-refractivity contribution < 1.29 is 4.79 Å². The zero-order valence-corrected chi connectivity index (χ0v) is 11.8. The predicted molar refractivity (Wildman–Crippen MR) is 82.9 cm³/mol. The minimum absolute atomic E-state index is 0.199. The van der Waals surface area contributed by atoms with Crippen LogP contribution in [0, 0.1) is 0 Å². The first-order valence-electron chi connectivity index (χ1n) is 6.98. The highest BCUT2D eigenvalue weighted by Gasteiger charge is 2.11. The lowest BCUT2D eigenvalue weighted by molar-refractivity contribution is 0.102. The van der Waals surface area contributed by atoms with Crippen molar-refractivity contribution in [2.45, 2.75) is 12.8 Å². The van der Waals surface area contributed by atoms with E-state index in [0.717, 1.165) is 30.8 Å². The second kappa shape index (κ2) is 5.44. The van der Waals surface area contributed by atoms with Crippen molar-refractivity contribution in [1.29, 1.82) is 0 Å². The Bertz CT molecular complexity index is 749. The minimum atomic E-state index is -0.275. The van der Waals surface area contributed by atoms with E-state index in [0.29, 0.717) is 5.56 Å². The van der Waals surface area contributed by atoms with Crippen molar-refractivity contribution in [3.63, 3.8) is 0 Å². The maximum Gasteiger partial charge on any atom is 0.255 e. The molecule has 21 heavy (non-hydrogen) atoms. The van der Waals surface area contributed by atoms with Crippen LogP contribution in [-0.2, 0) is 13.5 Å². The van der Waals surface area contributed by atoms with Gasteiger partial charge in [0.25, 0.3) is 11.5 Å². The van der Waals surface area contributed by atoms with Crippen LogP contribution < -0.4 is 16.2 Å². The molecule has 0 saturated heterocycles. The van der Waals surface area contributed by atoms with Gasteiger partial charge in [-0.3, -0.25) is 9.59 Å². The molecule has 1 aromatic carbocycles. The van der Waals surface area contributed by atoms with E-state index in [4.69, 9.17) is 0 Å². The molecule has 1 aromatic heterocycles. The van der Waals surface area contributed by atoms with Crippen LogP contribution in [0.25, 0.3) is 0 Å². The topological polar surface area (TPSA) is 63.1 Å². The lowest BCUT2D eigenvalue weighted by atomic mass is 10.0. The number of nitrogens with one attached hydrogen (secondary N) is 2. The molecule has 0 fully saturated rings. The third-order valence-corrected chi connectivity index (χ3v) is 3.67. The molecule has 0 saturated carbocycles. The molecule has 108 valence electrons. The second-order valence-corrected chi connectivity index (χ2v) is 5.22. The van der Waals surface area contributed by atoms with Gasteiger partial charge in [0.05, 0.1) is 0 Å². The minimum Gasteiger partial charge on any atom is -0.385 e. The summed E-state index contributed by atoms with van der Waals surface area (Å²) in [7, 11) is 1.65. The van der Waals surface area contributed by atoms with Gasteiger partial charge in [0, 0.05) is 42.8 Å². The molecule has 1 aliphatic heterocycles. The summed E-state index contributed by atoms with van der Waals surface area (Å²) in [4.78, 5) is 23.7. The Kier molecular flexibility index (Phi) is 3.48. The molecule has 0 bridgehead atoms. The number of carbonyl (C=O) groups excluding carboxylic acids is 1. The highest BCUT2D eigenvalue weighted by atomic mass is 16.2. The predicted octanol–water partition coefficient (Wildman–Crippen LogP) is 2.00. The molecule has 0 atom stereocenters. The van der Waals surface area contributed by atoms with Gasteiger partial charge in [-0.15, -0.1) is 0 Å². The number of nitrogens with zero attached hydrogens (tertiary/aromatic N) is 1. The highest BCUT2D eigenvalue weighted by molar-refractivity contribution is 6.04. The Morgan fingerprint density at radius 1 is 1.29 bits per heavy atom. The summed E-state index contributed by atoms with van der Waals surface area (Å²) >= 11 is 0. The van der Waals surface area contributed by atoms with E-state index in [1.165, 1.54) is 16.2 Å². The fourth-order valence-corrected chi connectivity index (χ4v) is 2.43. The van der Waals surface area contributed by atoms with Crippen LogP contribution in [0.2, 0.25) is 0 Å². The number of rotatable bonds is 2. The van der Waals surface area contributed by atoms with E-state index >= 15 is 0 Å². The van der Waals surface area contributed by atoms with Crippen molar-refractivity contribution in [2.75, 3.05) is 17.2 Å². The van der Waals surface area contributed by atoms with Crippen molar-refractivity contribution >= 4 is 17.3 Å². The van der Waals surface area contributed by atoms with Crippen LogP contribution in [0.1, 0.15) is 22.3 Å². The number of benzene rings is 1. The number of aryl methyl sites for hydroxylation is 2. The average molecular weight is 283 g/mol. The standard InChI is InChI=1S/C16H17N3O2/c1-19-8-6-12(9-15(19)20)16(21)18-13-5-4-11-3-2-7-17-14(11)10-13/h4-6,8-10,17H,2-3,7H2,1H3,(H,18,21). The van der Waals surface area contributed by atoms with E-state index in [1.807, 2.05) is 18.2 Å². The molecule has 0 unspecified atom stereocenters. The van der Waals surface area contributed by atoms with Crippen molar-refractivity contribution in [2.24, 2.45) is 7.05 Å². The van der Waals surface area contributed by atoms with Crippen LogP contribution in [-0.4, -0.2) is 17.0 Å². The van der Waals surface area contributed by atoms with Gasteiger partial charge in [-0.2, -0.15) is 0 Å². The van der Waals surface area contributed by atoms with E-state index in [1.54, 1.807) is 19.3 Å². The van der Waals surface area contributed by atoms with Crippen molar-refractivity contribution in [3.05, 3.63) is 58.0 Å². The zero-order chi connectivity index (χ0) is 14.8. The molecular weight excluding hydrogens is 266 g/mol. The number of hydrogen-bond donors (Lipinski definition) is 2. The lowest BCUT2D eigenvalue weighted by Gasteiger charge is -2.18. The Labute approximate surface area is 122 Å². The summed E-state index contributed by atoms with van der Waals surface area (Å²) in [6, 6.07) is 8.83. The summed E-state index contributed by atoms with van der Waals surface area (Å²) < 4.78 is 1.43. The van der Waals surface area contributed by atoms with Crippen LogP contribution >= 0.6 is 0 Å². The van der Waals surface area contributed by atoms with Gasteiger partial charge in [-0.25, -0.2) is 0 Å². The van der Waals surface area contributed by atoms with E-state index in [-0.39, 0.29) is 11.5 Å². The molecule has 2 heterocycles. The molecule has 0 spiro atoms. The van der Waals surface area contributed by atoms with Gasteiger partial charge in [-0.1, -0.05) is 6.07 Å². The number of anilines is 2. The average Bonchev–Trinajstić information content (AvgIpc) is 2.50. The summed E-state index contributed by atoms with van der Waals surface area (Å²) in [5.41, 5.74) is 3.24. The first-order chi connectivity index (χ1) is 10.1. The molecule has 0 aliphatic carbocycles. The highest BCUT2D eigenvalue weighted by Crippen LogP contribution is 2.25. The number of pyridine rings is 1. The summed E-state index contributed by atoms with van der Waals surface area (Å²) in [6.07, 6.45) is 3.78. The van der Waals surface area contributed by atoms with Gasteiger partial charge in [0.2, 0.25) is 0 Å². The number of hydrogen-bond acceptors (Lipinski definition) is 3. The van der Waals surface area contributed by atoms with Crippen LogP contribution in [0.3, 0.4) is 0 Å². The van der Waals surface area contributed by atoms with Gasteiger partial charge in [0.1, 0.15) is 0 Å². The van der Waals surface area contributed by atoms with E-state index in [2.05, 4.69) is 10.6 Å². The summed E-state index contributed by atoms with van der Waals surface area (Å²) in [5.74, 6) is -0.275. The summed E-state index contributed by atoms with van der Waals surface area (Å²) in [6.45, 7) is 0.957. The fourth-order valence-electron chi connectivity index (χ4n) is 2.43. The van der Waals surface area contributed by atoms with E-state index in [9.17, 15) is 9.59 Å². The third kappa shape index (κ3) is 2.81. The molecule has 3 rings (SSSR count). The zero-order valence-electron chi connectivity index (χ0n) is 11.8.